The van der Waals surface area contributed by atoms with Gasteiger partial charge in [-0.05, 0) is 12.1 Å². The Bertz CT molecular complexity index is 492. The van der Waals surface area contributed by atoms with E-state index in [4.69, 9.17) is 15.6 Å². The van der Waals surface area contributed by atoms with Crippen LogP contribution in [-0.2, 0) is 14.9 Å². The standard InChI is InChI=1S/C11H19N3O4S/c1-18-9-6-13-19(16,17)14(7-8-15)11-5-3-2-4-10(11)12/h2-5,13,15H,6-9,12H2,1H3. The van der Waals surface area contributed by atoms with Gasteiger partial charge in [-0.3, -0.25) is 4.31 Å². The van der Waals surface area contributed by atoms with Crippen LogP contribution in [0.4, 0.5) is 11.4 Å². The second kappa shape index (κ2) is 7.29. The summed E-state index contributed by atoms with van der Waals surface area (Å²) in [5.74, 6) is 0. The molecule has 0 aliphatic rings. The Morgan fingerprint density at radius 1 is 1.42 bits per heavy atom. The van der Waals surface area contributed by atoms with Crippen LogP contribution in [0, 0.1) is 0 Å². The molecule has 0 atom stereocenters. The van der Waals surface area contributed by atoms with E-state index in [2.05, 4.69) is 4.72 Å². The number of aliphatic hydroxyl groups excluding tert-OH is 1. The number of benzene rings is 1. The summed E-state index contributed by atoms with van der Waals surface area (Å²) in [5, 5.41) is 9.02. The van der Waals surface area contributed by atoms with Crippen molar-refractivity contribution in [3.05, 3.63) is 24.3 Å². The first-order valence-electron chi connectivity index (χ1n) is 5.74. The quantitative estimate of drug-likeness (QED) is 0.444. The van der Waals surface area contributed by atoms with Gasteiger partial charge in [-0.15, -0.1) is 0 Å². The van der Waals surface area contributed by atoms with E-state index in [1.54, 1.807) is 24.3 Å². The summed E-state index contributed by atoms with van der Waals surface area (Å²) in [6.07, 6.45) is 0. The van der Waals surface area contributed by atoms with Crippen molar-refractivity contribution < 1.29 is 18.3 Å². The lowest BCUT2D eigenvalue weighted by molar-refractivity contribution is 0.204. The van der Waals surface area contributed by atoms with Crippen LogP contribution in [0.25, 0.3) is 0 Å². The second-order valence-electron chi connectivity index (χ2n) is 3.75. The van der Waals surface area contributed by atoms with Gasteiger partial charge in [0.15, 0.2) is 0 Å². The van der Waals surface area contributed by atoms with Gasteiger partial charge in [-0.2, -0.15) is 13.1 Å². The first kappa shape index (κ1) is 15.7. The van der Waals surface area contributed by atoms with Crippen LogP contribution in [0.5, 0.6) is 0 Å². The molecular formula is C11H19N3O4S. The molecule has 4 N–H and O–H groups in total. The predicted molar refractivity (Wildman–Crippen MR) is 74.1 cm³/mol. The van der Waals surface area contributed by atoms with E-state index in [0.29, 0.717) is 11.4 Å². The summed E-state index contributed by atoms with van der Waals surface area (Å²) in [6, 6.07) is 6.58. The number of methoxy groups -OCH3 is 1. The SMILES string of the molecule is COCCNS(=O)(=O)N(CCO)c1ccccc1N. The molecule has 19 heavy (non-hydrogen) atoms. The van der Waals surface area contributed by atoms with E-state index < -0.39 is 10.2 Å². The van der Waals surface area contributed by atoms with Crippen LogP contribution < -0.4 is 14.8 Å². The Morgan fingerprint density at radius 3 is 2.68 bits per heavy atom. The predicted octanol–water partition coefficient (Wildman–Crippen LogP) is -0.452. The number of nitrogen functional groups attached to an aromatic ring is 1. The lowest BCUT2D eigenvalue weighted by Crippen LogP contribution is -2.43. The third-order valence-corrected chi connectivity index (χ3v) is 3.92. The normalized spacial score (nSPS) is 11.5. The zero-order chi connectivity index (χ0) is 14.3. The number of nitrogens with two attached hydrogens (primary N) is 1. The van der Waals surface area contributed by atoms with Gasteiger partial charge in [0.1, 0.15) is 0 Å². The van der Waals surface area contributed by atoms with Crippen LogP contribution in [0.3, 0.4) is 0 Å². The number of hydrogen-bond acceptors (Lipinski definition) is 5. The molecule has 1 aromatic rings. The largest absolute Gasteiger partial charge is 0.397 e. The number of aliphatic hydroxyl groups is 1. The molecule has 0 heterocycles. The van der Waals surface area contributed by atoms with Crippen molar-refractivity contribution in [3.63, 3.8) is 0 Å². The first-order valence-corrected chi connectivity index (χ1v) is 7.18. The Balaban J connectivity index is 2.97. The zero-order valence-corrected chi connectivity index (χ0v) is 11.6. The molecular weight excluding hydrogens is 270 g/mol. The van der Waals surface area contributed by atoms with E-state index >= 15 is 0 Å². The van der Waals surface area contributed by atoms with Crippen LogP contribution >= 0.6 is 0 Å². The van der Waals surface area contributed by atoms with E-state index in [1.807, 2.05) is 0 Å². The lowest BCUT2D eigenvalue weighted by Gasteiger charge is -2.24. The molecule has 0 radical (unpaired) electrons. The molecule has 0 amide bonds. The highest BCUT2D eigenvalue weighted by atomic mass is 32.2. The van der Waals surface area contributed by atoms with E-state index in [0.717, 1.165) is 4.31 Å². The van der Waals surface area contributed by atoms with Crippen LogP contribution in [0.15, 0.2) is 24.3 Å². The molecule has 0 unspecified atom stereocenters. The summed E-state index contributed by atoms with van der Waals surface area (Å²) in [7, 11) is -2.29. The van der Waals surface area contributed by atoms with Gasteiger partial charge in [-0.1, -0.05) is 12.1 Å². The highest BCUT2D eigenvalue weighted by molar-refractivity contribution is 7.90. The van der Waals surface area contributed by atoms with Crippen molar-refractivity contribution in [2.24, 2.45) is 0 Å². The molecule has 1 aromatic carbocycles. The summed E-state index contributed by atoms with van der Waals surface area (Å²) >= 11 is 0. The van der Waals surface area contributed by atoms with E-state index in [1.165, 1.54) is 7.11 Å². The van der Waals surface area contributed by atoms with Gasteiger partial charge in [0, 0.05) is 13.7 Å². The van der Waals surface area contributed by atoms with Crippen molar-refractivity contribution in [1.82, 2.24) is 4.72 Å². The van der Waals surface area contributed by atoms with Gasteiger partial charge in [0.25, 0.3) is 0 Å². The fourth-order valence-electron chi connectivity index (χ4n) is 1.53. The minimum absolute atomic E-state index is 0.0729. The fourth-order valence-corrected chi connectivity index (χ4v) is 2.77. The average Bonchev–Trinajstić information content (AvgIpc) is 2.37. The molecule has 1 rings (SSSR count). The molecule has 108 valence electrons. The lowest BCUT2D eigenvalue weighted by atomic mass is 10.3. The molecule has 0 saturated carbocycles. The summed E-state index contributed by atoms with van der Waals surface area (Å²) in [5.41, 5.74) is 6.42. The van der Waals surface area contributed by atoms with Gasteiger partial charge >= 0.3 is 10.2 Å². The molecule has 0 spiro atoms. The zero-order valence-electron chi connectivity index (χ0n) is 10.7. The van der Waals surface area contributed by atoms with Crippen LogP contribution in [0.1, 0.15) is 0 Å². The Morgan fingerprint density at radius 2 is 2.11 bits per heavy atom. The number of nitrogens with one attached hydrogen (secondary N) is 1. The number of para-hydroxylation sites is 2. The minimum atomic E-state index is -3.77. The third kappa shape index (κ3) is 4.35. The number of hydrogen-bond donors (Lipinski definition) is 3. The van der Waals surface area contributed by atoms with Crippen LogP contribution in [0.2, 0.25) is 0 Å². The number of nitrogens with zero attached hydrogens (tertiary/aromatic N) is 1. The highest BCUT2D eigenvalue weighted by Crippen LogP contribution is 2.24. The molecule has 0 saturated heterocycles. The third-order valence-electron chi connectivity index (χ3n) is 2.39. The molecule has 0 aliphatic carbocycles. The summed E-state index contributed by atoms with van der Waals surface area (Å²) in [6.45, 7) is 0.0278. The number of rotatable bonds is 8. The average molecular weight is 289 g/mol. The first-order chi connectivity index (χ1) is 9.03. The molecule has 0 bridgehead atoms. The van der Waals surface area contributed by atoms with Crippen molar-refractivity contribution in [1.29, 1.82) is 0 Å². The van der Waals surface area contributed by atoms with Gasteiger partial charge in [-0.25, -0.2) is 0 Å². The maximum absolute atomic E-state index is 12.1. The van der Waals surface area contributed by atoms with Crippen molar-refractivity contribution >= 4 is 21.6 Å². The Kier molecular flexibility index (Phi) is 6.03. The fraction of sp³-hybridized carbons (Fsp3) is 0.455. The number of ether oxygens (including phenoxy) is 1. The molecule has 0 aliphatic heterocycles. The summed E-state index contributed by atoms with van der Waals surface area (Å²) in [4.78, 5) is 0. The Labute approximate surface area is 113 Å². The maximum atomic E-state index is 12.1. The second-order valence-corrected chi connectivity index (χ2v) is 5.43. The number of anilines is 2. The topological polar surface area (TPSA) is 105 Å². The van der Waals surface area contributed by atoms with Gasteiger partial charge in [0.2, 0.25) is 0 Å². The summed E-state index contributed by atoms with van der Waals surface area (Å²) < 4.78 is 32.5. The smallest absolute Gasteiger partial charge is 0.301 e. The van der Waals surface area contributed by atoms with Crippen molar-refractivity contribution in [2.75, 3.05) is 43.5 Å². The highest BCUT2D eigenvalue weighted by Gasteiger charge is 2.22. The molecule has 0 aromatic heterocycles. The Hall–Kier alpha value is -1.35. The van der Waals surface area contributed by atoms with E-state index in [9.17, 15) is 8.42 Å². The molecule has 0 fully saturated rings. The van der Waals surface area contributed by atoms with Gasteiger partial charge in [0.05, 0.1) is 31.1 Å². The minimum Gasteiger partial charge on any atom is -0.397 e. The van der Waals surface area contributed by atoms with Gasteiger partial charge < -0.3 is 15.6 Å². The van der Waals surface area contributed by atoms with Crippen LogP contribution in [-0.4, -0.2) is 46.9 Å². The molecule has 8 heteroatoms. The molecule has 7 nitrogen and oxygen atoms in total. The monoisotopic (exact) mass is 289 g/mol. The van der Waals surface area contributed by atoms with Crippen molar-refractivity contribution in [3.8, 4) is 0 Å². The maximum Gasteiger partial charge on any atom is 0.301 e. The van der Waals surface area contributed by atoms with E-state index in [-0.39, 0.29) is 26.3 Å². The van der Waals surface area contributed by atoms with Crippen molar-refractivity contribution in [2.45, 2.75) is 0 Å².